The van der Waals surface area contributed by atoms with Crippen molar-refractivity contribution in [3.63, 3.8) is 0 Å². The summed E-state index contributed by atoms with van der Waals surface area (Å²) in [5, 5.41) is 2.55. The highest BCUT2D eigenvalue weighted by Crippen LogP contribution is 2.26. The number of anilines is 1. The molecule has 1 aliphatic rings. The molecular formula is C11H14N4O3. The number of aromatic nitrogens is 2. The smallest absolute Gasteiger partial charge is 0.332 e. The molecule has 0 aliphatic carbocycles. The molecule has 1 aromatic rings. The molecule has 0 spiro atoms. The number of rotatable bonds is 1. The zero-order valence-corrected chi connectivity index (χ0v) is 10.6. The van der Waals surface area contributed by atoms with Crippen molar-refractivity contribution >= 4 is 17.3 Å². The van der Waals surface area contributed by atoms with Crippen molar-refractivity contribution in [2.45, 2.75) is 0 Å². The maximum atomic E-state index is 12.1. The molecule has 0 aromatic carbocycles. The third kappa shape index (κ3) is 1.55. The Bertz CT molecular complexity index is 679. The van der Waals surface area contributed by atoms with E-state index in [1.807, 2.05) is 0 Å². The summed E-state index contributed by atoms with van der Waals surface area (Å²) >= 11 is 0. The minimum absolute atomic E-state index is 0.235. The highest BCUT2D eigenvalue weighted by Gasteiger charge is 2.31. The number of nitrogens with one attached hydrogen (secondary N) is 1. The number of carbonyl (C=O) groups excluding carboxylic acids is 1. The van der Waals surface area contributed by atoms with E-state index >= 15 is 0 Å². The van der Waals surface area contributed by atoms with Gasteiger partial charge in [0.15, 0.2) is 0 Å². The van der Waals surface area contributed by atoms with Gasteiger partial charge in [0.25, 0.3) is 11.5 Å². The first kappa shape index (κ1) is 12.2. The highest BCUT2D eigenvalue weighted by atomic mass is 16.2. The zero-order valence-electron chi connectivity index (χ0n) is 10.6. The van der Waals surface area contributed by atoms with Crippen LogP contribution in [0.3, 0.4) is 0 Å². The average molecular weight is 250 g/mol. The SMILES string of the molecule is CN(C)/C=C1\C(=O)Nc2c1c(=O)n(C)c(=O)n2C. The van der Waals surface area contributed by atoms with Crippen LogP contribution in [0.1, 0.15) is 5.56 Å². The summed E-state index contributed by atoms with van der Waals surface area (Å²) in [4.78, 5) is 37.3. The van der Waals surface area contributed by atoms with Gasteiger partial charge in [0.05, 0.1) is 11.1 Å². The highest BCUT2D eigenvalue weighted by molar-refractivity contribution is 6.30. The van der Waals surface area contributed by atoms with Crippen LogP contribution in [0.2, 0.25) is 0 Å². The van der Waals surface area contributed by atoms with Crippen molar-refractivity contribution in [2.75, 3.05) is 19.4 Å². The van der Waals surface area contributed by atoms with E-state index in [4.69, 9.17) is 0 Å². The molecule has 1 aliphatic heterocycles. The van der Waals surface area contributed by atoms with E-state index in [1.165, 1.54) is 18.7 Å². The van der Waals surface area contributed by atoms with Crippen molar-refractivity contribution < 1.29 is 4.79 Å². The van der Waals surface area contributed by atoms with Crippen LogP contribution in [-0.2, 0) is 18.9 Å². The second-order valence-electron chi connectivity index (χ2n) is 4.39. The fraction of sp³-hybridized carbons (Fsp3) is 0.364. The van der Waals surface area contributed by atoms with E-state index in [0.29, 0.717) is 0 Å². The summed E-state index contributed by atoms with van der Waals surface area (Å²) in [5.41, 5.74) is -0.436. The Balaban J connectivity index is 2.86. The Kier molecular flexibility index (Phi) is 2.61. The first-order valence-corrected chi connectivity index (χ1v) is 5.34. The number of hydrogen-bond acceptors (Lipinski definition) is 4. The molecule has 0 bridgehead atoms. The van der Waals surface area contributed by atoms with Crippen LogP contribution in [-0.4, -0.2) is 34.0 Å². The molecule has 0 fully saturated rings. The van der Waals surface area contributed by atoms with Gasteiger partial charge < -0.3 is 10.2 Å². The fourth-order valence-electron chi connectivity index (χ4n) is 1.90. The Morgan fingerprint density at radius 2 is 1.72 bits per heavy atom. The van der Waals surface area contributed by atoms with Crippen LogP contribution >= 0.6 is 0 Å². The molecule has 1 N–H and O–H groups in total. The van der Waals surface area contributed by atoms with Crippen LogP contribution in [0, 0.1) is 0 Å². The molecule has 1 aromatic heterocycles. The van der Waals surface area contributed by atoms with Crippen LogP contribution in [0.25, 0.3) is 5.57 Å². The molecule has 7 heteroatoms. The molecule has 96 valence electrons. The van der Waals surface area contributed by atoms with Crippen LogP contribution in [0.15, 0.2) is 15.8 Å². The quantitative estimate of drug-likeness (QED) is 0.644. The lowest BCUT2D eigenvalue weighted by molar-refractivity contribution is -0.110. The fourth-order valence-corrected chi connectivity index (χ4v) is 1.90. The molecular weight excluding hydrogens is 236 g/mol. The van der Waals surface area contributed by atoms with E-state index < -0.39 is 11.2 Å². The van der Waals surface area contributed by atoms with E-state index in [-0.39, 0.29) is 22.9 Å². The molecule has 0 radical (unpaired) electrons. The van der Waals surface area contributed by atoms with E-state index in [0.717, 1.165) is 4.57 Å². The van der Waals surface area contributed by atoms with Crippen molar-refractivity contribution in [1.29, 1.82) is 0 Å². The van der Waals surface area contributed by atoms with Gasteiger partial charge in [0, 0.05) is 34.4 Å². The van der Waals surface area contributed by atoms with Crippen molar-refractivity contribution in [2.24, 2.45) is 14.1 Å². The topological polar surface area (TPSA) is 76.3 Å². The number of amides is 1. The summed E-state index contributed by atoms with van der Waals surface area (Å²) in [7, 11) is 6.41. The summed E-state index contributed by atoms with van der Waals surface area (Å²) < 4.78 is 2.24. The predicted molar refractivity (Wildman–Crippen MR) is 67.2 cm³/mol. The molecule has 18 heavy (non-hydrogen) atoms. The Morgan fingerprint density at radius 1 is 1.11 bits per heavy atom. The third-order valence-electron chi connectivity index (χ3n) is 2.80. The van der Waals surface area contributed by atoms with Gasteiger partial charge in [-0.1, -0.05) is 0 Å². The second-order valence-corrected chi connectivity index (χ2v) is 4.39. The molecule has 2 rings (SSSR count). The molecule has 2 heterocycles. The van der Waals surface area contributed by atoms with Gasteiger partial charge in [-0.15, -0.1) is 0 Å². The Hall–Kier alpha value is -2.31. The van der Waals surface area contributed by atoms with Crippen molar-refractivity contribution in [3.8, 4) is 0 Å². The molecule has 7 nitrogen and oxygen atoms in total. The molecule has 0 unspecified atom stereocenters. The van der Waals surface area contributed by atoms with Gasteiger partial charge in [0.2, 0.25) is 0 Å². The number of hydrogen-bond donors (Lipinski definition) is 1. The van der Waals surface area contributed by atoms with Crippen LogP contribution < -0.4 is 16.6 Å². The lowest BCUT2D eigenvalue weighted by Gasteiger charge is -2.08. The summed E-state index contributed by atoms with van der Waals surface area (Å²) in [5.74, 6) is -0.127. The van der Waals surface area contributed by atoms with E-state index in [1.54, 1.807) is 25.2 Å². The minimum atomic E-state index is -0.473. The van der Waals surface area contributed by atoms with E-state index in [9.17, 15) is 14.4 Å². The Morgan fingerprint density at radius 3 is 2.28 bits per heavy atom. The predicted octanol–water partition coefficient (Wildman–Crippen LogP) is -1.06. The number of carbonyl (C=O) groups is 1. The van der Waals surface area contributed by atoms with Crippen molar-refractivity contribution in [3.05, 3.63) is 32.6 Å². The maximum absolute atomic E-state index is 12.1. The van der Waals surface area contributed by atoms with Crippen LogP contribution in [0.5, 0.6) is 0 Å². The lowest BCUT2D eigenvalue weighted by atomic mass is 10.1. The Labute approximate surface area is 103 Å². The zero-order chi connectivity index (χ0) is 13.6. The number of nitrogens with zero attached hydrogens (tertiary/aromatic N) is 3. The van der Waals surface area contributed by atoms with Gasteiger partial charge in [-0.25, -0.2) is 4.79 Å². The maximum Gasteiger partial charge on any atom is 0.332 e. The molecule has 0 atom stereocenters. The first-order valence-electron chi connectivity index (χ1n) is 5.34. The normalized spacial score (nSPS) is 15.8. The second kappa shape index (κ2) is 3.86. The summed E-state index contributed by atoms with van der Waals surface area (Å²) in [6.45, 7) is 0. The van der Waals surface area contributed by atoms with Crippen LogP contribution in [0.4, 0.5) is 5.82 Å². The number of fused-ring (bicyclic) bond motifs is 1. The molecule has 0 saturated carbocycles. The van der Waals surface area contributed by atoms with Crippen molar-refractivity contribution in [1.82, 2.24) is 14.0 Å². The minimum Gasteiger partial charge on any atom is -0.383 e. The van der Waals surface area contributed by atoms with Gasteiger partial charge in [-0.05, 0) is 0 Å². The third-order valence-corrected chi connectivity index (χ3v) is 2.80. The lowest BCUT2D eigenvalue weighted by Crippen LogP contribution is -2.38. The molecule has 1 amide bonds. The molecule has 0 saturated heterocycles. The van der Waals surface area contributed by atoms with Gasteiger partial charge >= 0.3 is 5.69 Å². The van der Waals surface area contributed by atoms with Gasteiger partial charge in [-0.2, -0.15) is 0 Å². The first-order chi connectivity index (χ1) is 8.34. The monoisotopic (exact) mass is 250 g/mol. The summed E-state index contributed by atoms with van der Waals surface area (Å²) in [6, 6.07) is 0. The van der Waals surface area contributed by atoms with E-state index in [2.05, 4.69) is 5.32 Å². The standard InChI is InChI=1S/C11H14N4O3/c1-13(2)5-6-7-8(12-9(6)16)14(3)11(18)15(4)10(7)17/h5H,1-4H3,(H,12,16)/b6-5-. The largest absolute Gasteiger partial charge is 0.383 e. The average Bonchev–Trinajstić information content (AvgIpc) is 2.61. The van der Waals surface area contributed by atoms with Gasteiger partial charge in [-0.3, -0.25) is 18.7 Å². The summed E-state index contributed by atoms with van der Waals surface area (Å²) in [6.07, 6.45) is 1.56. The van der Waals surface area contributed by atoms with Gasteiger partial charge in [0.1, 0.15) is 5.82 Å².